The van der Waals surface area contributed by atoms with Crippen LogP contribution in [0.3, 0.4) is 0 Å². The molecule has 48 heavy (non-hydrogen) atoms. The van der Waals surface area contributed by atoms with Crippen molar-refractivity contribution in [1.82, 2.24) is 4.98 Å². The molecule has 0 radical (unpaired) electrons. The molecule has 0 aliphatic heterocycles. The van der Waals surface area contributed by atoms with Gasteiger partial charge in [-0.3, -0.25) is 9.98 Å². The predicted octanol–water partition coefficient (Wildman–Crippen LogP) is 12.7. The standard InChI is InChI=1S/C46H40N2/c1-4-5-29-47-33(3)44-31-35(28-30-48-44)36-26-27-43(38-19-11-10-18-37(36)38)46-41-22-14-12-20-39(41)45(40-21-13-15-23-42(40)46)34-17-9-7-6-8-16-32(2)24-25-34/h4-8,10-33H,9H2,1-3H3/b5-4-,7-6-,16-8-,25-24?,34-17?,47-29?. The molecule has 5 aromatic carbocycles. The minimum absolute atomic E-state index is 0.0322. The molecule has 2 atom stereocenters. The lowest BCUT2D eigenvalue weighted by Gasteiger charge is -2.20. The van der Waals surface area contributed by atoms with Gasteiger partial charge in [0.05, 0.1) is 11.7 Å². The molecule has 7 rings (SSSR count). The normalized spacial score (nSPS) is 17.3. The van der Waals surface area contributed by atoms with Gasteiger partial charge >= 0.3 is 0 Å². The van der Waals surface area contributed by atoms with Crippen molar-refractivity contribution in [1.29, 1.82) is 0 Å². The van der Waals surface area contributed by atoms with E-state index in [0.717, 1.165) is 17.7 Å². The first-order valence-corrected chi connectivity index (χ1v) is 16.9. The van der Waals surface area contributed by atoms with Crippen LogP contribution in [0, 0.1) is 5.92 Å². The topological polar surface area (TPSA) is 25.2 Å². The van der Waals surface area contributed by atoms with Crippen molar-refractivity contribution in [3.05, 3.63) is 169 Å². The molecule has 0 saturated heterocycles. The number of hydrogen-bond donors (Lipinski definition) is 0. The second-order valence-electron chi connectivity index (χ2n) is 12.4. The smallest absolute Gasteiger partial charge is 0.0891 e. The van der Waals surface area contributed by atoms with Gasteiger partial charge < -0.3 is 0 Å². The van der Waals surface area contributed by atoms with Gasteiger partial charge in [0.25, 0.3) is 0 Å². The lowest BCUT2D eigenvalue weighted by Crippen LogP contribution is -1.96. The zero-order valence-electron chi connectivity index (χ0n) is 27.8. The summed E-state index contributed by atoms with van der Waals surface area (Å²) in [6.45, 7) is 6.32. The van der Waals surface area contributed by atoms with E-state index in [-0.39, 0.29) is 6.04 Å². The highest BCUT2D eigenvalue weighted by Gasteiger charge is 2.19. The van der Waals surface area contributed by atoms with E-state index >= 15 is 0 Å². The van der Waals surface area contributed by atoms with E-state index in [9.17, 15) is 0 Å². The largest absolute Gasteiger partial charge is 0.284 e. The van der Waals surface area contributed by atoms with Crippen LogP contribution in [0.4, 0.5) is 0 Å². The first-order chi connectivity index (χ1) is 23.6. The lowest BCUT2D eigenvalue weighted by molar-refractivity contribution is 0.788. The van der Waals surface area contributed by atoms with Crippen LogP contribution in [0.2, 0.25) is 0 Å². The highest BCUT2D eigenvalue weighted by atomic mass is 14.8. The van der Waals surface area contributed by atoms with Crippen molar-refractivity contribution < 1.29 is 0 Å². The number of rotatable bonds is 6. The van der Waals surface area contributed by atoms with E-state index in [1.807, 2.05) is 31.5 Å². The van der Waals surface area contributed by atoms with E-state index in [0.29, 0.717) is 5.92 Å². The van der Waals surface area contributed by atoms with Crippen LogP contribution >= 0.6 is 0 Å². The number of pyridine rings is 1. The number of allylic oxidation sites excluding steroid dienone is 10. The monoisotopic (exact) mass is 620 g/mol. The summed E-state index contributed by atoms with van der Waals surface area (Å²) in [4.78, 5) is 9.34. The maximum atomic E-state index is 4.67. The average Bonchev–Trinajstić information content (AvgIpc) is 3.13. The molecule has 6 aromatic rings. The molecular formula is C46H40N2. The fourth-order valence-corrected chi connectivity index (χ4v) is 6.85. The van der Waals surface area contributed by atoms with Crippen molar-refractivity contribution in [2.75, 3.05) is 0 Å². The molecule has 0 bridgehead atoms. The molecule has 1 aliphatic carbocycles. The molecule has 2 nitrogen and oxygen atoms in total. The average molecular weight is 621 g/mol. The maximum absolute atomic E-state index is 4.67. The Hall–Kier alpha value is -5.60. The highest BCUT2D eigenvalue weighted by molar-refractivity contribution is 6.22. The summed E-state index contributed by atoms with van der Waals surface area (Å²) < 4.78 is 0. The molecule has 0 amide bonds. The van der Waals surface area contributed by atoms with Gasteiger partial charge in [0.2, 0.25) is 0 Å². The third kappa shape index (κ3) is 6.10. The summed E-state index contributed by atoms with van der Waals surface area (Å²) in [6.07, 6.45) is 24.4. The van der Waals surface area contributed by atoms with Crippen LogP contribution in [0.25, 0.3) is 60.1 Å². The van der Waals surface area contributed by atoms with Crippen LogP contribution in [0.1, 0.15) is 44.5 Å². The summed E-state index contributed by atoms with van der Waals surface area (Å²) in [5.41, 5.74) is 8.37. The highest BCUT2D eigenvalue weighted by Crippen LogP contribution is 2.45. The Balaban J connectivity index is 1.45. The molecular weight excluding hydrogens is 581 g/mol. The number of fused-ring (bicyclic) bond motifs is 3. The van der Waals surface area contributed by atoms with E-state index in [4.69, 9.17) is 0 Å². The Bertz CT molecular complexity index is 2250. The fourth-order valence-electron chi connectivity index (χ4n) is 6.85. The summed E-state index contributed by atoms with van der Waals surface area (Å²) in [6, 6.07) is 35.6. The Labute approximate surface area is 283 Å². The number of hydrogen-bond acceptors (Lipinski definition) is 2. The summed E-state index contributed by atoms with van der Waals surface area (Å²) in [5.74, 6) is 0.350. The number of nitrogens with zero attached hydrogens (tertiary/aromatic N) is 2. The van der Waals surface area contributed by atoms with E-state index in [1.54, 1.807) is 0 Å². The Morgan fingerprint density at radius 3 is 2.04 bits per heavy atom. The SMILES string of the molecule is C/C=C\C=NC(C)c1cc(-c2ccc(-c3c4ccccc4c(C4=CC/C=C\C=C/C(C)C=C4)c4ccccc34)c3ccccc23)ccn1. The quantitative estimate of drug-likeness (QED) is 0.134. The minimum Gasteiger partial charge on any atom is -0.284 e. The van der Waals surface area contributed by atoms with Crippen LogP contribution in [0.15, 0.2) is 163 Å². The van der Waals surface area contributed by atoms with Crippen molar-refractivity contribution in [3.63, 3.8) is 0 Å². The Morgan fingerprint density at radius 1 is 0.729 bits per heavy atom. The van der Waals surface area contributed by atoms with E-state index in [1.165, 1.54) is 60.1 Å². The number of aromatic nitrogens is 1. The molecule has 1 aliphatic rings. The predicted molar refractivity (Wildman–Crippen MR) is 209 cm³/mol. The van der Waals surface area contributed by atoms with Gasteiger partial charge in [-0.2, -0.15) is 0 Å². The number of benzene rings is 5. The molecule has 1 heterocycles. The van der Waals surface area contributed by atoms with Crippen molar-refractivity contribution >= 4 is 44.1 Å². The molecule has 2 heteroatoms. The first-order valence-electron chi connectivity index (χ1n) is 16.9. The third-order valence-electron chi connectivity index (χ3n) is 9.24. The van der Waals surface area contributed by atoms with Crippen molar-refractivity contribution in [3.8, 4) is 22.3 Å². The molecule has 0 saturated carbocycles. The fraction of sp³-hybridized carbons (Fsp3) is 0.130. The van der Waals surface area contributed by atoms with Crippen LogP contribution < -0.4 is 0 Å². The van der Waals surface area contributed by atoms with Crippen LogP contribution in [-0.4, -0.2) is 11.2 Å². The van der Waals surface area contributed by atoms with Gasteiger partial charge in [-0.05, 0) is 110 Å². The Kier molecular flexibility index (Phi) is 9.07. The maximum Gasteiger partial charge on any atom is 0.0891 e. The molecule has 234 valence electrons. The second-order valence-corrected chi connectivity index (χ2v) is 12.4. The minimum atomic E-state index is -0.0322. The molecule has 0 spiro atoms. The molecule has 2 unspecified atom stereocenters. The van der Waals surface area contributed by atoms with Gasteiger partial charge in [-0.25, -0.2) is 0 Å². The van der Waals surface area contributed by atoms with E-state index in [2.05, 4.69) is 163 Å². The van der Waals surface area contributed by atoms with Gasteiger partial charge in [-0.15, -0.1) is 0 Å². The lowest BCUT2D eigenvalue weighted by atomic mass is 9.83. The van der Waals surface area contributed by atoms with Crippen LogP contribution in [0.5, 0.6) is 0 Å². The summed E-state index contributed by atoms with van der Waals surface area (Å²) >= 11 is 0. The van der Waals surface area contributed by atoms with Gasteiger partial charge in [0, 0.05) is 12.4 Å². The summed E-state index contributed by atoms with van der Waals surface area (Å²) in [5, 5.41) is 7.52. The van der Waals surface area contributed by atoms with Gasteiger partial charge in [-0.1, -0.05) is 140 Å². The van der Waals surface area contributed by atoms with Crippen molar-refractivity contribution in [2.45, 2.75) is 33.2 Å². The van der Waals surface area contributed by atoms with E-state index < -0.39 is 0 Å². The Morgan fingerprint density at radius 2 is 1.35 bits per heavy atom. The third-order valence-corrected chi connectivity index (χ3v) is 9.24. The summed E-state index contributed by atoms with van der Waals surface area (Å²) in [7, 11) is 0. The zero-order valence-corrected chi connectivity index (χ0v) is 27.8. The van der Waals surface area contributed by atoms with Crippen LogP contribution in [-0.2, 0) is 0 Å². The molecule has 1 aromatic heterocycles. The second kappa shape index (κ2) is 14.0. The zero-order chi connectivity index (χ0) is 32.9. The van der Waals surface area contributed by atoms with Crippen molar-refractivity contribution in [2.24, 2.45) is 10.9 Å². The van der Waals surface area contributed by atoms with Gasteiger partial charge in [0.15, 0.2) is 0 Å². The molecule has 0 N–H and O–H groups in total. The first kappa shape index (κ1) is 31.0. The number of aliphatic imine (C=N–C) groups is 1. The van der Waals surface area contributed by atoms with Gasteiger partial charge in [0.1, 0.15) is 0 Å². The molecule has 0 fully saturated rings.